The zero-order chi connectivity index (χ0) is 11.3. The first-order valence-corrected chi connectivity index (χ1v) is 5.23. The summed E-state index contributed by atoms with van der Waals surface area (Å²) in [6.45, 7) is 2.97. The summed E-state index contributed by atoms with van der Waals surface area (Å²) >= 11 is 0. The second kappa shape index (κ2) is 5.73. The molecule has 1 unspecified atom stereocenters. The smallest absolute Gasteiger partial charge is 0.121 e. The monoisotopic (exact) mass is 208 g/mol. The first kappa shape index (κ1) is 12.0. The molecule has 0 radical (unpaired) electrons. The van der Waals surface area contributed by atoms with E-state index in [2.05, 4.69) is 11.4 Å². The van der Waals surface area contributed by atoms with Gasteiger partial charge in [-0.2, -0.15) is 0 Å². The van der Waals surface area contributed by atoms with Gasteiger partial charge in [-0.1, -0.05) is 12.1 Å². The van der Waals surface area contributed by atoms with Crippen LogP contribution in [0.3, 0.4) is 0 Å². The molecule has 3 heteroatoms. The van der Waals surface area contributed by atoms with E-state index in [1.165, 1.54) is 5.56 Å². The van der Waals surface area contributed by atoms with Crippen molar-refractivity contribution in [1.29, 1.82) is 0 Å². The van der Waals surface area contributed by atoms with Crippen molar-refractivity contribution in [3.63, 3.8) is 0 Å². The number of aryl methyl sites for hydroxylation is 1. The molecular formula is C12H20N2O. The molecule has 0 bridgehead atoms. The Hall–Kier alpha value is -1.06. The van der Waals surface area contributed by atoms with Crippen LogP contribution in [0.2, 0.25) is 0 Å². The van der Waals surface area contributed by atoms with Gasteiger partial charge in [-0.3, -0.25) is 0 Å². The van der Waals surface area contributed by atoms with Gasteiger partial charge in [-0.05, 0) is 44.1 Å². The van der Waals surface area contributed by atoms with Gasteiger partial charge in [-0.15, -0.1) is 0 Å². The number of ether oxygens (including phenoxy) is 1. The lowest BCUT2D eigenvalue weighted by atomic mass is 10.0. The van der Waals surface area contributed by atoms with Crippen LogP contribution in [0, 0.1) is 6.92 Å². The standard InChI is InChI=1S/C12H20N2O/c1-9-8-10(4-5-12(9)15-3)11(13)6-7-14-2/h4-5,8,11,14H,6-7,13H2,1-3H3. The van der Waals surface area contributed by atoms with Crippen molar-refractivity contribution in [2.75, 3.05) is 20.7 Å². The van der Waals surface area contributed by atoms with Gasteiger partial charge in [0.05, 0.1) is 7.11 Å². The second-order valence-corrected chi connectivity index (χ2v) is 3.73. The third-order valence-electron chi connectivity index (χ3n) is 2.55. The minimum atomic E-state index is 0.0991. The Morgan fingerprint density at radius 2 is 2.20 bits per heavy atom. The van der Waals surface area contributed by atoms with Crippen LogP contribution in [-0.2, 0) is 0 Å². The highest BCUT2D eigenvalue weighted by molar-refractivity contribution is 5.37. The molecule has 84 valence electrons. The third-order valence-corrected chi connectivity index (χ3v) is 2.55. The molecule has 0 heterocycles. The number of benzene rings is 1. The van der Waals surface area contributed by atoms with Crippen LogP contribution >= 0.6 is 0 Å². The summed E-state index contributed by atoms with van der Waals surface area (Å²) in [6, 6.07) is 6.21. The molecule has 15 heavy (non-hydrogen) atoms. The topological polar surface area (TPSA) is 47.3 Å². The van der Waals surface area contributed by atoms with Crippen LogP contribution in [0.25, 0.3) is 0 Å². The average Bonchev–Trinajstić information content (AvgIpc) is 2.25. The molecule has 0 saturated heterocycles. The van der Waals surface area contributed by atoms with Gasteiger partial charge in [0.2, 0.25) is 0 Å². The zero-order valence-electron chi connectivity index (χ0n) is 9.71. The third kappa shape index (κ3) is 3.22. The van der Waals surface area contributed by atoms with Crippen molar-refractivity contribution in [1.82, 2.24) is 5.32 Å². The van der Waals surface area contributed by atoms with E-state index in [1.807, 2.05) is 26.1 Å². The molecule has 1 aromatic carbocycles. The molecule has 0 amide bonds. The van der Waals surface area contributed by atoms with Crippen molar-refractivity contribution >= 4 is 0 Å². The molecule has 3 nitrogen and oxygen atoms in total. The maximum absolute atomic E-state index is 6.06. The van der Waals surface area contributed by atoms with E-state index in [1.54, 1.807) is 7.11 Å². The van der Waals surface area contributed by atoms with Gasteiger partial charge in [0.25, 0.3) is 0 Å². The molecule has 0 aromatic heterocycles. The predicted octanol–water partition coefficient (Wildman–Crippen LogP) is 1.61. The first-order valence-electron chi connectivity index (χ1n) is 5.23. The van der Waals surface area contributed by atoms with Crippen molar-refractivity contribution in [3.05, 3.63) is 29.3 Å². The van der Waals surface area contributed by atoms with Crippen molar-refractivity contribution in [2.24, 2.45) is 5.73 Å². The molecule has 0 aliphatic rings. The summed E-state index contributed by atoms with van der Waals surface area (Å²) in [5.74, 6) is 0.916. The number of nitrogens with one attached hydrogen (secondary N) is 1. The minimum Gasteiger partial charge on any atom is -0.496 e. The molecule has 0 fully saturated rings. The van der Waals surface area contributed by atoms with E-state index < -0.39 is 0 Å². The maximum Gasteiger partial charge on any atom is 0.121 e. The van der Waals surface area contributed by atoms with E-state index in [0.29, 0.717) is 0 Å². The number of rotatable bonds is 5. The Kier molecular flexibility index (Phi) is 4.59. The van der Waals surface area contributed by atoms with Gasteiger partial charge in [0, 0.05) is 6.04 Å². The van der Waals surface area contributed by atoms with Crippen LogP contribution in [0.1, 0.15) is 23.6 Å². The largest absolute Gasteiger partial charge is 0.496 e. The van der Waals surface area contributed by atoms with Crippen molar-refractivity contribution in [3.8, 4) is 5.75 Å². The van der Waals surface area contributed by atoms with E-state index in [0.717, 1.165) is 24.3 Å². The molecule has 0 aliphatic carbocycles. The van der Waals surface area contributed by atoms with Gasteiger partial charge in [0.15, 0.2) is 0 Å². The average molecular weight is 208 g/mol. The highest BCUT2D eigenvalue weighted by Gasteiger charge is 2.07. The molecule has 3 N–H and O–H groups in total. The van der Waals surface area contributed by atoms with Crippen LogP contribution in [0.5, 0.6) is 5.75 Å². The van der Waals surface area contributed by atoms with Crippen LogP contribution < -0.4 is 15.8 Å². The van der Waals surface area contributed by atoms with Crippen LogP contribution in [0.15, 0.2) is 18.2 Å². The Morgan fingerprint density at radius 1 is 1.47 bits per heavy atom. The molecule has 1 aromatic rings. The van der Waals surface area contributed by atoms with E-state index in [4.69, 9.17) is 10.5 Å². The highest BCUT2D eigenvalue weighted by Crippen LogP contribution is 2.22. The quantitative estimate of drug-likeness (QED) is 0.773. The Morgan fingerprint density at radius 3 is 2.73 bits per heavy atom. The number of hydrogen-bond acceptors (Lipinski definition) is 3. The van der Waals surface area contributed by atoms with Crippen molar-refractivity contribution < 1.29 is 4.74 Å². The summed E-state index contributed by atoms with van der Waals surface area (Å²) in [7, 11) is 3.62. The SMILES string of the molecule is CNCCC(N)c1ccc(OC)c(C)c1. The Balaban J connectivity index is 2.73. The molecule has 0 spiro atoms. The molecule has 0 saturated carbocycles. The van der Waals surface area contributed by atoms with Gasteiger partial charge < -0.3 is 15.8 Å². The van der Waals surface area contributed by atoms with Crippen LogP contribution in [-0.4, -0.2) is 20.7 Å². The fourth-order valence-corrected chi connectivity index (χ4v) is 1.60. The van der Waals surface area contributed by atoms with Crippen molar-refractivity contribution in [2.45, 2.75) is 19.4 Å². The lowest BCUT2D eigenvalue weighted by Gasteiger charge is -2.13. The Labute approximate surface area is 91.6 Å². The van der Waals surface area contributed by atoms with E-state index in [9.17, 15) is 0 Å². The molecule has 0 aliphatic heterocycles. The number of methoxy groups -OCH3 is 1. The lowest BCUT2D eigenvalue weighted by Crippen LogP contribution is -2.18. The number of hydrogen-bond donors (Lipinski definition) is 2. The van der Waals surface area contributed by atoms with Gasteiger partial charge >= 0.3 is 0 Å². The highest BCUT2D eigenvalue weighted by atomic mass is 16.5. The fourth-order valence-electron chi connectivity index (χ4n) is 1.60. The van der Waals surface area contributed by atoms with Crippen LogP contribution in [0.4, 0.5) is 0 Å². The summed E-state index contributed by atoms with van der Waals surface area (Å²) in [5, 5.41) is 3.10. The van der Waals surface area contributed by atoms with Gasteiger partial charge in [-0.25, -0.2) is 0 Å². The minimum absolute atomic E-state index is 0.0991. The van der Waals surface area contributed by atoms with E-state index in [-0.39, 0.29) is 6.04 Å². The fraction of sp³-hybridized carbons (Fsp3) is 0.500. The second-order valence-electron chi connectivity index (χ2n) is 3.73. The normalized spacial score (nSPS) is 12.5. The molecule has 1 rings (SSSR count). The summed E-state index contributed by atoms with van der Waals surface area (Å²) in [4.78, 5) is 0. The summed E-state index contributed by atoms with van der Waals surface area (Å²) < 4.78 is 5.21. The Bertz CT molecular complexity index is 312. The summed E-state index contributed by atoms with van der Waals surface area (Å²) in [5.41, 5.74) is 8.36. The predicted molar refractivity (Wildman–Crippen MR) is 63.2 cm³/mol. The maximum atomic E-state index is 6.06. The van der Waals surface area contributed by atoms with Gasteiger partial charge in [0.1, 0.15) is 5.75 Å². The lowest BCUT2D eigenvalue weighted by molar-refractivity contribution is 0.411. The molecule has 1 atom stereocenters. The summed E-state index contributed by atoms with van der Waals surface area (Å²) in [6.07, 6.45) is 0.947. The molecular weight excluding hydrogens is 188 g/mol. The number of nitrogens with two attached hydrogens (primary N) is 1. The zero-order valence-corrected chi connectivity index (χ0v) is 9.71. The van der Waals surface area contributed by atoms with E-state index >= 15 is 0 Å². The first-order chi connectivity index (χ1) is 7.19.